The summed E-state index contributed by atoms with van der Waals surface area (Å²) < 4.78 is 5.08. The maximum atomic E-state index is 10.7. The van der Waals surface area contributed by atoms with Crippen LogP contribution in [0.2, 0.25) is 0 Å². The van der Waals surface area contributed by atoms with Crippen LogP contribution in [-0.2, 0) is 9.53 Å². The highest BCUT2D eigenvalue weighted by atomic mass is 32.1. The molecule has 7 heteroatoms. The third-order valence-electron chi connectivity index (χ3n) is 1.27. The second kappa shape index (κ2) is 4.93. The number of aromatic nitrogens is 2. The molecule has 0 radical (unpaired) electrons. The van der Waals surface area contributed by atoms with Gasteiger partial charge in [-0.3, -0.25) is 9.89 Å². The molecule has 0 aliphatic carbocycles. The van der Waals surface area contributed by atoms with E-state index in [2.05, 4.69) is 20.3 Å². The molecule has 72 valence electrons. The molecule has 0 spiro atoms. The van der Waals surface area contributed by atoms with E-state index in [4.69, 9.17) is 12.2 Å². The van der Waals surface area contributed by atoms with E-state index < -0.39 is 0 Å². The first-order chi connectivity index (χ1) is 6.22. The summed E-state index contributed by atoms with van der Waals surface area (Å²) >= 11 is 6.16. The average molecular weight is 219 g/mol. The van der Waals surface area contributed by atoms with E-state index in [9.17, 15) is 4.79 Å². The van der Waals surface area contributed by atoms with E-state index in [0.717, 1.165) is 0 Å². The molecule has 13 heavy (non-hydrogen) atoms. The maximum Gasteiger partial charge on any atom is 0.307 e. The fraction of sp³-hybridized carbons (Fsp3) is 0.500. The van der Waals surface area contributed by atoms with Crippen LogP contribution in [0.5, 0.6) is 0 Å². The number of esters is 1. The fourth-order valence-electron chi connectivity index (χ4n) is 0.679. The lowest BCUT2D eigenvalue weighted by Gasteiger charge is -1.99. The minimum Gasteiger partial charge on any atom is -0.469 e. The largest absolute Gasteiger partial charge is 0.469 e. The number of hydrogen-bond acceptors (Lipinski definition) is 6. The van der Waals surface area contributed by atoms with E-state index in [0.29, 0.717) is 22.1 Å². The van der Waals surface area contributed by atoms with Crippen molar-refractivity contribution < 1.29 is 9.53 Å². The first-order valence-electron chi connectivity index (χ1n) is 3.58. The van der Waals surface area contributed by atoms with Crippen LogP contribution >= 0.6 is 23.6 Å². The van der Waals surface area contributed by atoms with Gasteiger partial charge in [-0.05, 0) is 12.2 Å². The SMILES string of the molecule is COC(=O)CCNc1n[nH]c(=S)s1. The molecule has 0 bridgehead atoms. The van der Waals surface area contributed by atoms with Crippen molar-refractivity contribution in [2.45, 2.75) is 6.42 Å². The summed E-state index contributed by atoms with van der Waals surface area (Å²) in [6, 6.07) is 0. The topological polar surface area (TPSA) is 67.0 Å². The Kier molecular flexibility index (Phi) is 3.84. The van der Waals surface area contributed by atoms with Gasteiger partial charge in [-0.2, -0.15) is 0 Å². The van der Waals surface area contributed by atoms with Crippen molar-refractivity contribution in [1.29, 1.82) is 0 Å². The fourth-order valence-corrected chi connectivity index (χ4v) is 1.49. The highest BCUT2D eigenvalue weighted by molar-refractivity contribution is 7.73. The third kappa shape index (κ3) is 3.51. The number of aromatic amines is 1. The van der Waals surface area contributed by atoms with Gasteiger partial charge in [0.15, 0.2) is 3.95 Å². The lowest BCUT2D eigenvalue weighted by Crippen LogP contribution is -2.09. The lowest BCUT2D eigenvalue weighted by molar-refractivity contribution is -0.140. The number of anilines is 1. The number of hydrogen-bond donors (Lipinski definition) is 2. The molecule has 5 nitrogen and oxygen atoms in total. The van der Waals surface area contributed by atoms with Crippen molar-refractivity contribution in [3.63, 3.8) is 0 Å². The quantitative estimate of drug-likeness (QED) is 0.588. The Morgan fingerprint density at radius 2 is 2.62 bits per heavy atom. The molecule has 0 aliphatic rings. The van der Waals surface area contributed by atoms with Crippen molar-refractivity contribution in [3.05, 3.63) is 3.95 Å². The molecule has 0 saturated carbocycles. The number of ether oxygens (including phenoxy) is 1. The van der Waals surface area contributed by atoms with Gasteiger partial charge in [-0.15, -0.1) is 5.10 Å². The van der Waals surface area contributed by atoms with Crippen LogP contribution in [0, 0.1) is 3.95 Å². The van der Waals surface area contributed by atoms with Gasteiger partial charge in [0.05, 0.1) is 13.5 Å². The number of nitrogens with one attached hydrogen (secondary N) is 2. The molecule has 0 aliphatic heterocycles. The zero-order chi connectivity index (χ0) is 9.68. The predicted molar refractivity (Wildman–Crippen MR) is 52.4 cm³/mol. The van der Waals surface area contributed by atoms with Crippen LogP contribution in [-0.4, -0.2) is 29.8 Å². The molecule has 0 unspecified atom stereocenters. The third-order valence-corrected chi connectivity index (χ3v) is 2.32. The molecule has 1 heterocycles. The summed E-state index contributed by atoms with van der Waals surface area (Å²) in [6.45, 7) is 0.503. The molecule has 1 aromatic heterocycles. The van der Waals surface area contributed by atoms with Crippen molar-refractivity contribution in [1.82, 2.24) is 10.2 Å². The molecule has 0 fully saturated rings. The van der Waals surface area contributed by atoms with E-state index in [1.807, 2.05) is 0 Å². The van der Waals surface area contributed by atoms with Gasteiger partial charge in [0.25, 0.3) is 0 Å². The van der Waals surface area contributed by atoms with Crippen LogP contribution in [0.4, 0.5) is 5.13 Å². The molecule has 0 amide bonds. The van der Waals surface area contributed by atoms with Gasteiger partial charge in [-0.1, -0.05) is 11.3 Å². The Hall–Kier alpha value is -0.950. The number of carbonyl (C=O) groups is 1. The van der Waals surface area contributed by atoms with Crippen LogP contribution in [0.1, 0.15) is 6.42 Å². The molecular formula is C6H9N3O2S2. The first kappa shape index (κ1) is 10.1. The zero-order valence-electron chi connectivity index (χ0n) is 6.99. The Balaban J connectivity index is 2.28. The minimum absolute atomic E-state index is 0.244. The van der Waals surface area contributed by atoms with Gasteiger partial charge in [0.2, 0.25) is 5.13 Å². The standard InChI is InChI=1S/C6H9N3O2S2/c1-11-4(10)2-3-7-5-8-9-6(12)13-5/h2-3H2,1H3,(H,7,8)(H,9,12). The summed E-state index contributed by atoms with van der Waals surface area (Å²) in [6.07, 6.45) is 0.322. The summed E-state index contributed by atoms with van der Waals surface area (Å²) in [7, 11) is 1.36. The number of methoxy groups -OCH3 is 1. The van der Waals surface area contributed by atoms with Crippen molar-refractivity contribution in [2.24, 2.45) is 0 Å². The normalized spacial score (nSPS) is 9.62. The second-order valence-electron chi connectivity index (χ2n) is 2.17. The van der Waals surface area contributed by atoms with E-state index >= 15 is 0 Å². The summed E-state index contributed by atoms with van der Waals surface area (Å²) in [5.41, 5.74) is 0. The predicted octanol–water partition coefficient (Wildman–Crippen LogP) is 1.18. The van der Waals surface area contributed by atoms with Gasteiger partial charge in [0, 0.05) is 6.54 Å². The molecule has 0 atom stereocenters. The molecule has 0 saturated heterocycles. The molecule has 1 aromatic rings. The zero-order valence-corrected chi connectivity index (χ0v) is 8.63. The van der Waals surface area contributed by atoms with Crippen molar-refractivity contribution in [2.75, 3.05) is 19.0 Å². The number of H-pyrrole nitrogens is 1. The van der Waals surface area contributed by atoms with Crippen LogP contribution in [0.3, 0.4) is 0 Å². The Labute approximate surface area is 84.1 Å². The highest BCUT2D eigenvalue weighted by Gasteiger charge is 2.00. The smallest absolute Gasteiger partial charge is 0.307 e. The maximum absolute atomic E-state index is 10.7. The lowest BCUT2D eigenvalue weighted by atomic mass is 10.4. The van der Waals surface area contributed by atoms with Crippen LogP contribution < -0.4 is 5.32 Å². The average Bonchev–Trinajstić information content (AvgIpc) is 2.51. The highest BCUT2D eigenvalue weighted by Crippen LogP contribution is 2.10. The summed E-state index contributed by atoms with van der Waals surface area (Å²) in [5, 5.41) is 10.1. The Bertz CT molecular complexity index is 333. The molecule has 0 aromatic carbocycles. The minimum atomic E-state index is -0.244. The molecule has 1 rings (SSSR count). The summed E-state index contributed by atoms with van der Waals surface area (Å²) in [5.74, 6) is -0.244. The molecular weight excluding hydrogens is 210 g/mol. The van der Waals surface area contributed by atoms with Crippen LogP contribution in [0.15, 0.2) is 0 Å². The Morgan fingerprint density at radius 1 is 1.85 bits per heavy atom. The van der Waals surface area contributed by atoms with Gasteiger partial charge >= 0.3 is 5.97 Å². The number of carbonyl (C=O) groups excluding carboxylic acids is 1. The van der Waals surface area contributed by atoms with E-state index in [1.54, 1.807) is 0 Å². The monoisotopic (exact) mass is 219 g/mol. The summed E-state index contributed by atoms with van der Waals surface area (Å²) in [4.78, 5) is 10.7. The molecule has 2 N–H and O–H groups in total. The van der Waals surface area contributed by atoms with E-state index in [1.165, 1.54) is 18.4 Å². The first-order valence-corrected chi connectivity index (χ1v) is 4.81. The number of nitrogens with zero attached hydrogens (tertiary/aromatic N) is 1. The Morgan fingerprint density at radius 3 is 3.15 bits per heavy atom. The van der Waals surface area contributed by atoms with E-state index in [-0.39, 0.29) is 5.97 Å². The van der Waals surface area contributed by atoms with Gasteiger partial charge in [-0.25, -0.2) is 0 Å². The second-order valence-corrected chi connectivity index (χ2v) is 3.84. The van der Waals surface area contributed by atoms with Crippen molar-refractivity contribution >= 4 is 34.7 Å². The van der Waals surface area contributed by atoms with Crippen LogP contribution in [0.25, 0.3) is 0 Å². The van der Waals surface area contributed by atoms with Crippen molar-refractivity contribution in [3.8, 4) is 0 Å². The van der Waals surface area contributed by atoms with Gasteiger partial charge < -0.3 is 10.1 Å². The van der Waals surface area contributed by atoms with Gasteiger partial charge in [0.1, 0.15) is 0 Å². The number of rotatable bonds is 4.